The second-order valence-electron chi connectivity index (χ2n) is 2.96. The van der Waals surface area contributed by atoms with Gasteiger partial charge in [-0.05, 0) is 31.6 Å². The zero-order valence-corrected chi connectivity index (χ0v) is 9.58. The van der Waals surface area contributed by atoms with E-state index in [1.54, 1.807) is 13.8 Å². The van der Waals surface area contributed by atoms with Crippen LogP contribution in [0.5, 0.6) is 0 Å². The molecule has 0 saturated carbocycles. The highest BCUT2D eigenvalue weighted by molar-refractivity contribution is 5.86. The molecular formula is C11H15FO4. The summed E-state index contributed by atoms with van der Waals surface area (Å²) >= 11 is 0. The first-order valence-corrected chi connectivity index (χ1v) is 4.81. The molecule has 0 atom stereocenters. The molecule has 0 saturated heterocycles. The maximum Gasteiger partial charge on any atom is 0.367 e. The molecule has 0 aromatic carbocycles. The Balaban J connectivity index is 4.28. The normalized spacial score (nSPS) is 12.2. The van der Waals surface area contributed by atoms with Gasteiger partial charge < -0.3 is 9.47 Å². The standard InChI is InChI=1S/C11H15FO4/c1-4-15-11(14)10(12)7-8(2)5-6-16-9(3)13/h5,7H,4,6H2,1-3H3/b8-5+,10-7-. The summed E-state index contributed by atoms with van der Waals surface area (Å²) in [6.45, 7) is 4.62. The van der Waals surface area contributed by atoms with Crippen molar-refractivity contribution in [1.29, 1.82) is 0 Å². The molecular weight excluding hydrogens is 215 g/mol. The van der Waals surface area contributed by atoms with Gasteiger partial charge in [-0.15, -0.1) is 0 Å². The molecule has 0 N–H and O–H groups in total. The highest BCUT2D eigenvalue weighted by atomic mass is 19.1. The van der Waals surface area contributed by atoms with Crippen LogP contribution >= 0.6 is 0 Å². The molecule has 0 rings (SSSR count). The predicted molar refractivity (Wildman–Crippen MR) is 56.2 cm³/mol. The van der Waals surface area contributed by atoms with Gasteiger partial charge in [-0.2, -0.15) is 4.39 Å². The molecule has 0 amide bonds. The molecule has 4 nitrogen and oxygen atoms in total. The van der Waals surface area contributed by atoms with Crippen molar-refractivity contribution in [3.05, 3.63) is 23.6 Å². The third-order valence-electron chi connectivity index (χ3n) is 1.52. The Kier molecular flexibility index (Phi) is 6.83. The number of hydrogen-bond donors (Lipinski definition) is 0. The van der Waals surface area contributed by atoms with E-state index in [2.05, 4.69) is 9.47 Å². The Morgan fingerprint density at radius 2 is 1.88 bits per heavy atom. The number of carbonyl (C=O) groups excluding carboxylic acids is 2. The molecule has 0 bridgehead atoms. The van der Waals surface area contributed by atoms with Gasteiger partial charge in [0.1, 0.15) is 6.61 Å². The highest BCUT2D eigenvalue weighted by Crippen LogP contribution is 2.05. The fourth-order valence-corrected chi connectivity index (χ4v) is 0.808. The Morgan fingerprint density at radius 3 is 2.38 bits per heavy atom. The van der Waals surface area contributed by atoms with E-state index in [0.29, 0.717) is 5.57 Å². The molecule has 0 unspecified atom stereocenters. The van der Waals surface area contributed by atoms with Gasteiger partial charge in [-0.25, -0.2) is 4.79 Å². The minimum absolute atomic E-state index is 0.0494. The fourth-order valence-electron chi connectivity index (χ4n) is 0.808. The Morgan fingerprint density at radius 1 is 1.25 bits per heavy atom. The van der Waals surface area contributed by atoms with E-state index in [1.807, 2.05) is 0 Å². The van der Waals surface area contributed by atoms with Crippen LogP contribution in [0, 0.1) is 0 Å². The molecule has 0 aliphatic heterocycles. The molecule has 0 radical (unpaired) electrons. The van der Waals surface area contributed by atoms with Crippen LogP contribution in [0.2, 0.25) is 0 Å². The number of hydrogen-bond acceptors (Lipinski definition) is 4. The number of carbonyl (C=O) groups is 2. The Labute approximate surface area is 93.7 Å². The van der Waals surface area contributed by atoms with Crippen LogP contribution in [0.15, 0.2) is 23.6 Å². The van der Waals surface area contributed by atoms with Crippen LogP contribution in [0.25, 0.3) is 0 Å². The van der Waals surface area contributed by atoms with E-state index < -0.39 is 17.8 Å². The maximum absolute atomic E-state index is 13.1. The lowest BCUT2D eigenvalue weighted by Crippen LogP contribution is -2.04. The molecule has 90 valence electrons. The maximum atomic E-state index is 13.1. The lowest BCUT2D eigenvalue weighted by Gasteiger charge is -1.99. The largest absolute Gasteiger partial charge is 0.462 e. The van der Waals surface area contributed by atoms with Crippen molar-refractivity contribution in [3.8, 4) is 0 Å². The second-order valence-corrected chi connectivity index (χ2v) is 2.96. The van der Waals surface area contributed by atoms with Gasteiger partial charge in [0.2, 0.25) is 5.83 Å². The third-order valence-corrected chi connectivity index (χ3v) is 1.52. The van der Waals surface area contributed by atoms with Gasteiger partial charge in [0.05, 0.1) is 6.61 Å². The summed E-state index contributed by atoms with van der Waals surface area (Å²) in [5.74, 6) is -2.39. The summed E-state index contributed by atoms with van der Waals surface area (Å²) in [5, 5.41) is 0. The number of halogens is 1. The van der Waals surface area contributed by atoms with Gasteiger partial charge in [-0.3, -0.25) is 4.79 Å². The molecule has 0 aromatic rings. The lowest BCUT2D eigenvalue weighted by atomic mass is 10.2. The van der Waals surface area contributed by atoms with E-state index in [-0.39, 0.29) is 13.2 Å². The summed E-state index contributed by atoms with van der Waals surface area (Å²) < 4.78 is 22.1. The van der Waals surface area contributed by atoms with Crippen molar-refractivity contribution >= 4 is 11.9 Å². The molecule has 0 spiro atoms. The minimum Gasteiger partial charge on any atom is -0.462 e. The first kappa shape index (κ1) is 14.3. The van der Waals surface area contributed by atoms with Crippen molar-refractivity contribution in [2.45, 2.75) is 20.8 Å². The lowest BCUT2D eigenvalue weighted by molar-refractivity contribution is -0.140. The van der Waals surface area contributed by atoms with Crippen LogP contribution in [-0.2, 0) is 19.1 Å². The van der Waals surface area contributed by atoms with Crippen LogP contribution in [0.4, 0.5) is 4.39 Å². The second kappa shape index (κ2) is 7.62. The van der Waals surface area contributed by atoms with Crippen LogP contribution < -0.4 is 0 Å². The van der Waals surface area contributed by atoms with Gasteiger partial charge in [-0.1, -0.05) is 0 Å². The molecule has 5 heteroatoms. The van der Waals surface area contributed by atoms with Crippen LogP contribution in [0.1, 0.15) is 20.8 Å². The van der Waals surface area contributed by atoms with Crippen molar-refractivity contribution < 1.29 is 23.5 Å². The minimum atomic E-state index is -0.997. The first-order chi connectivity index (χ1) is 7.47. The Hall–Kier alpha value is -1.65. The third kappa shape index (κ3) is 6.75. The summed E-state index contributed by atoms with van der Waals surface area (Å²) in [7, 11) is 0. The molecule has 16 heavy (non-hydrogen) atoms. The quantitative estimate of drug-likeness (QED) is 0.411. The monoisotopic (exact) mass is 230 g/mol. The predicted octanol–water partition coefficient (Wildman–Crippen LogP) is 1.91. The summed E-state index contributed by atoms with van der Waals surface area (Å²) in [5.41, 5.74) is 0.479. The van der Waals surface area contributed by atoms with Gasteiger partial charge in [0.15, 0.2) is 0 Å². The van der Waals surface area contributed by atoms with E-state index >= 15 is 0 Å². The van der Waals surface area contributed by atoms with Gasteiger partial charge in [0, 0.05) is 6.92 Å². The fraction of sp³-hybridized carbons (Fsp3) is 0.455. The van der Waals surface area contributed by atoms with Crippen molar-refractivity contribution in [1.82, 2.24) is 0 Å². The average Bonchev–Trinajstić information content (AvgIpc) is 2.17. The summed E-state index contributed by atoms with van der Waals surface area (Å²) in [4.78, 5) is 21.3. The molecule has 0 heterocycles. The van der Waals surface area contributed by atoms with Crippen LogP contribution in [-0.4, -0.2) is 25.2 Å². The number of ether oxygens (including phenoxy) is 2. The average molecular weight is 230 g/mol. The molecule has 0 aliphatic rings. The first-order valence-electron chi connectivity index (χ1n) is 4.81. The van der Waals surface area contributed by atoms with E-state index in [9.17, 15) is 14.0 Å². The summed E-state index contributed by atoms with van der Waals surface area (Å²) in [6, 6.07) is 0. The van der Waals surface area contributed by atoms with E-state index in [0.717, 1.165) is 6.08 Å². The van der Waals surface area contributed by atoms with E-state index in [1.165, 1.54) is 13.0 Å². The highest BCUT2D eigenvalue weighted by Gasteiger charge is 2.08. The zero-order valence-electron chi connectivity index (χ0n) is 9.58. The van der Waals surface area contributed by atoms with E-state index in [4.69, 9.17) is 0 Å². The number of rotatable bonds is 5. The Bertz CT molecular complexity index is 318. The van der Waals surface area contributed by atoms with Crippen molar-refractivity contribution in [2.75, 3.05) is 13.2 Å². The van der Waals surface area contributed by atoms with Gasteiger partial charge >= 0.3 is 11.9 Å². The van der Waals surface area contributed by atoms with Gasteiger partial charge in [0.25, 0.3) is 0 Å². The summed E-state index contributed by atoms with van der Waals surface area (Å²) in [6.07, 6.45) is 2.52. The number of esters is 2. The molecule has 0 aliphatic carbocycles. The molecule has 0 fully saturated rings. The number of allylic oxidation sites excluding steroid dienone is 2. The SMILES string of the molecule is CCOC(=O)/C(F)=C/C(C)=C/COC(C)=O. The smallest absolute Gasteiger partial charge is 0.367 e. The zero-order chi connectivity index (χ0) is 12.6. The van der Waals surface area contributed by atoms with Crippen molar-refractivity contribution in [3.63, 3.8) is 0 Å². The van der Waals surface area contributed by atoms with Crippen LogP contribution in [0.3, 0.4) is 0 Å². The molecule has 0 aromatic heterocycles. The topological polar surface area (TPSA) is 52.6 Å². The van der Waals surface area contributed by atoms with Crippen molar-refractivity contribution in [2.24, 2.45) is 0 Å².